The summed E-state index contributed by atoms with van der Waals surface area (Å²) in [4.78, 5) is 38.0. The minimum atomic E-state index is -1.46. The summed E-state index contributed by atoms with van der Waals surface area (Å²) in [6.07, 6.45) is 0.832. The van der Waals surface area contributed by atoms with Gasteiger partial charge in [-0.15, -0.1) is 0 Å². The fourth-order valence-corrected chi connectivity index (χ4v) is 2.27. The number of para-hydroxylation sites is 1. The van der Waals surface area contributed by atoms with Crippen LogP contribution in [0.25, 0.3) is 10.9 Å². The van der Waals surface area contributed by atoms with Gasteiger partial charge in [-0.25, -0.2) is 4.79 Å². The molecule has 3 N–H and O–H groups in total. The lowest BCUT2D eigenvalue weighted by molar-refractivity contribution is -0.145. The van der Waals surface area contributed by atoms with Gasteiger partial charge in [0.25, 0.3) is 0 Å². The Morgan fingerprint density at radius 1 is 1.24 bits per heavy atom. The molecule has 1 heterocycles. The maximum absolute atomic E-state index is 11.9. The molecule has 1 unspecified atom stereocenters. The van der Waals surface area contributed by atoms with Crippen LogP contribution in [-0.4, -0.2) is 39.1 Å². The van der Waals surface area contributed by atoms with Crippen molar-refractivity contribution in [2.24, 2.45) is 0 Å². The van der Waals surface area contributed by atoms with Gasteiger partial charge in [0.15, 0.2) is 0 Å². The van der Waals surface area contributed by atoms with Gasteiger partial charge in [-0.05, 0) is 6.07 Å². The van der Waals surface area contributed by atoms with Gasteiger partial charge in [0.05, 0.1) is 12.1 Å². The maximum atomic E-state index is 11.9. The zero-order valence-corrected chi connectivity index (χ0v) is 11.2. The number of carboxylic acids is 2. The molecule has 0 bridgehead atoms. The first-order valence-electron chi connectivity index (χ1n) is 6.22. The monoisotopic (exact) mass is 290 g/mol. The predicted octanol–water partition coefficient (Wildman–Crippen LogP) is 1.45. The van der Waals surface area contributed by atoms with E-state index < -0.39 is 30.3 Å². The largest absolute Gasteiger partial charge is 0.481 e. The number of aliphatic carboxylic acids is 2. The van der Waals surface area contributed by atoms with Crippen LogP contribution >= 0.6 is 0 Å². The molecule has 0 aliphatic carbocycles. The van der Waals surface area contributed by atoms with E-state index >= 15 is 0 Å². The van der Waals surface area contributed by atoms with E-state index in [4.69, 9.17) is 5.11 Å². The summed E-state index contributed by atoms with van der Waals surface area (Å²) in [5.41, 5.74) is 1.09. The predicted molar refractivity (Wildman–Crippen MR) is 75.1 cm³/mol. The van der Waals surface area contributed by atoms with Gasteiger partial charge in [-0.3, -0.25) is 14.5 Å². The first-order chi connectivity index (χ1) is 9.91. The maximum Gasteiger partial charge on any atom is 0.327 e. The number of carbonyl (C=O) groups excluding carboxylic acids is 1. The highest BCUT2D eigenvalue weighted by Crippen LogP contribution is 2.29. The molecule has 0 spiro atoms. The van der Waals surface area contributed by atoms with E-state index in [9.17, 15) is 19.5 Å². The number of nitrogens with zero attached hydrogens (tertiary/aromatic N) is 1. The Morgan fingerprint density at radius 3 is 2.48 bits per heavy atom. The van der Waals surface area contributed by atoms with Crippen LogP contribution in [0.15, 0.2) is 30.5 Å². The van der Waals surface area contributed by atoms with E-state index in [0.717, 1.165) is 10.4 Å². The number of carboxylic acid groups (broad SMARTS) is 2. The molecule has 7 nitrogen and oxygen atoms in total. The number of benzene rings is 1. The summed E-state index contributed by atoms with van der Waals surface area (Å²) in [6, 6.07) is 5.61. The van der Waals surface area contributed by atoms with Crippen LogP contribution in [0.5, 0.6) is 0 Å². The van der Waals surface area contributed by atoms with Crippen molar-refractivity contribution in [1.29, 1.82) is 0 Å². The Morgan fingerprint density at radius 2 is 1.90 bits per heavy atom. The number of aromatic nitrogens is 1. The average Bonchev–Trinajstić information content (AvgIpc) is 2.81. The number of nitrogens with one attached hydrogen (secondary N) is 1. The number of anilines is 1. The summed E-state index contributed by atoms with van der Waals surface area (Å²) < 4.78 is 0. The number of hydrogen-bond donors (Lipinski definition) is 3. The second-order valence-electron chi connectivity index (χ2n) is 4.56. The van der Waals surface area contributed by atoms with Gasteiger partial charge in [0.1, 0.15) is 6.04 Å². The van der Waals surface area contributed by atoms with Crippen molar-refractivity contribution < 1.29 is 24.6 Å². The molecule has 7 heteroatoms. The molecule has 21 heavy (non-hydrogen) atoms. The Labute approximate surface area is 119 Å². The molecular weight excluding hydrogens is 276 g/mol. The molecule has 1 aromatic heterocycles. The first kappa shape index (κ1) is 14.6. The SMILES string of the molecule is CC(=O)N(c1c[nH]c2ccccc12)C(CC(=O)O)C(=O)O. The van der Waals surface area contributed by atoms with E-state index in [1.807, 2.05) is 0 Å². The number of fused-ring (bicyclic) bond motifs is 1. The van der Waals surface area contributed by atoms with Gasteiger partial charge in [-0.2, -0.15) is 0 Å². The Kier molecular flexibility index (Phi) is 3.93. The summed E-state index contributed by atoms with van der Waals surface area (Å²) >= 11 is 0. The quantitative estimate of drug-likeness (QED) is 0.771. The standard InChI is InChI=1S/C14H14N2O5/c1-8(17)16(11(14(20)21)6-13(18)19)12-7-15-10-5-3-2-4-9(10)12/h2-5,7,11,15H,6H2,1H3,(H,18,19)(H,20,21). The van der Waals surface area contributed by atoms with Crippen LogP contribution in [0.1, 0.15) is 13.3 Å². The van der Waals surface area contributed by atoms with Crippen LogP contribution in [0, 0.1) is 0 Å². The van der Waals surface area contributed by atoms with Crippen LogP contribution < -0.4 is 4.90 Å². The van der Waals surface area contributed by atoms with E-state index in [2.05, 4.69) is 4.98 Å². The van der Waals surface area contributed by atoms with Crippen molar-refractivity contribution in [3.63, 3.8) is 0 Å². The van der Waals surface area contributed by atoms with E-state index in [1.54, 1.807) is 24.3 Å². The molecule has 0 saturated carbocycles. The molecule has 0 saturated heterocycles. The highest BCUT2D eigenvalue weighted by Gasteiger charge is 2.32. The molecule has 1 atom stereocenters. The Hall–Kier alpha value is -2.83. The number of amides is 1. The zero-order chi connectivity index (χ0) is 15.6. The van der Waals surface area contributed by atoms with E-state index in [1.165, 1.54) is 13.1 Å². The molecule has 0 aliphatic rings. The Bertz CT molecular complexity index is 706. The van der Waals surface area contributed by atoms with Crippen molar-refractivity contribution in [2.45, 2.75) is 19.4 Å². The summed E-state index contributed by atoms with van der Waals surface area (Å²) in [6.45, 7) is 1.21. The number of hydrogen-bond acceptors (Lipinski definition) is 3. The van der Waals surface area contributed by atoms with Crippen LogP contribution in [0.2, 0.25) is 0 Å². The van der Waals surface area contributed by atoms with Crippen molar-refractivity contribution in [1.82, 2.24) is 4.98 Å². The molecule has 0 radical (unpaired) electrons. The summed E-state index contributed by atoms with van der Waals surface area (Å²) in [5, 5.41) is 18.8. The molecule has 0 fully saturated rings. The zero-order valence-electron chi connectivity index (χ0n) is 11.2. The summed E-state index contributed by atoms with van der Waals surface area (Å²) in [7, 11) is 0. The van der Waals surface area contributed by atoms with Crippen LogP contribution in [-0.2, 0) is 14.4 Å². The van der Waals surface area contributed by atoms with Crippen molar-refractivity contribution in [3.8, 4) is 0 Å². The van der Waals surface area contributed by atoms with Gasteiger partial charge in [-0.1, -0.05) is 18.2 Å². The number of aromatic amines is 1. The number of carbonyl (C=O) groups is 3. The highest BCUT2D eigenvalue weighted by atomic mass is 16.4. The normalized spacial score (nSPS) is 12.0. The molecule has 1 aromatic carbocycles. The van der Waals surface area contributed by atoms with Crippen molar-refractivity contribution in [3.05, 3.63) is 30.5 Å². The summed E-state index contributed by atoms with van der Waals surface area (Å²) in [5.74, 6) is -3.18. The lowest BCUT2D eigenvalue weighted by Crippen LogP contribution is -2.45. The fraction of sp³-hybridized carbons (Fsp3) is 0.214. The molecule has 2 rings (SSSR count). The fourth-order valence-electron chi connectivity index (χ4n) is 2.27. The lowest BCUT2D eigenvalue weighted by Gasteiger charge is -2.26. The minimum Gasteiger partial charge on any atom is -0.481 e. The smallest absolute Gasteiger partial charge is 0.327 e. The molecule has 0 aliphatic heterocycles. The topological polar surface area (TPSA) is 111 Å². The highest BCUT2D eigenvalue weighted by molar-refractivity contribution is 6.06. The van der Waals surface area contributed by atoms with Crippen LogP contribution in [0.3, 0.4) is 0 Å². The Balaban J connectivity index is 2.54. The van der Waals surface area contributed by atoms with Crippen molar-refractivity contribution in [2.75, 3.05) is 4.90 Å². The average molecular weight is 290 g/mol. The number of H-pyrrole nitrogens is 1. The number of rotatable bonds is 5. The second kappa shape index (κ2) is 5.66. The lowest BCUT2D eigenvalue weighted by atomic mass is 10.1. The van der Waals surface area contributed by atoms with Gasteiger partial charge < -0.3 is 15.2 Å². The minimum absolute atomic E-state index is 0.353. The first-order valence-corrected chi connectivity index (χ1v) is 6.22. The third-order valence-corrected chi connectivity index (χ3v) is 3.13. The molecule has 110 valence electrons. The second-order valence-corrected chi connectivity index (χ2v) is 4.56. The third-order valence-electron chi connectivity index (χ3n) is 3.13. The van der Waals surface area contributed by atoms with E-state index in [-0.39, 0.29) is 0 Å². The molecular formula is C14H14N2O5. The van der Waals surface area contributed by atoms with Gasteiger partial charge in [0, 0.05) is 24.0 Å². The molecule has 1 amide bonds. The molecule has 2 aromatic rings. The van der Waals surface area contributed by atoms with Gasteiger partial charge in [0.2, 0.25) is 5.91 Å². The van der Waals surface area contributed by atoms with Crippen LogP contribution in [0.4, 0.5) is 5.69 Å². The van der Waals surface area contributed by atoms with Gasteiger partial charge >= 0.3 is 11.9 Å². The van der Waals surface area contributed by atoms with E-state index in [0.29, 0.717) is 11.1 Å². The van der Waals surface area contributed by atoms with Crippen molar-refractivity contribution >= 4 is 34.4 Å². The third kappa shape index (κ3) is 2.86.